The summed E-state index contributed by atoms with van der Waals surface area (Å²) in [6.07, 6.45) is 0.576. The largest absolute Gasteiger partial charge is 0.332 e. The number of benzene rings is 1. The van der Waals surface area contributed by atoms with Crippen molar-refractivity contribution in [2.45, 2.75) is 24.1 Å². The predicted octanol–water partition coefficient (Wildman–Crippen LogP) is 2.02. The molecule has 0 radical (unpaired) electrons. The lowest BCUT2D eigenvalue weighted by molar-refractivity contribution is 0.626. The van der Waals surface area contributed by atoms with E-state index in [-0.39, 0.29) is 5.82 Å². The van der Waals surface area contributed by atoms with Gasteiger partial charge in [-0.25, -0.2) is 19.2 Å². The summed E-state index contributed by atoms with van der Waals surface area (Å²) >= 11 is 1.33. The highest BCUT2D eigenvalue weighted by Crippen LogP contribution is 2.26. The van der Waals surface area contributed by atoms with E-state index < -0.39 is 11.2 Å². The summed E-state index contributed by atoms with van der Waals surface area (Å²) in [7, 11) is 3.01. The number of thioether (sulfide) groups is 1. The Labute approximate surface area is 147 Å². The molecule has 0 aliphatic heterocycles. The van der Waals surface area contributed by atoms with E-state index in [1.807, 2.05) is 13.0 Å². The molecule has 0 aliphatic carbocycles. The lowest BCUT2D eigenvalue weighted by atomic mass is 10.2. The number of aryl methyl sites for hydroxylation is 2. The van der Waals surface area contributed by atoms with E-state index in [4.69, 9.17) is 0 Å². The second kappa shape index (κ2) is 6.79. The number of aromatic nitrogens is 4. The van der Waals surface area contributed by atoms with Gasteiger partial charge in [-0.1, -0.05) is 19.1 Å². The molecular formula is C17H17FN4O2S. The third kappa shape index (κ3) is 3.21. The Balaban J connectivity index is 2.16. The molecule has 0 spiro atoms. The highest BCUT2D eigenvalue weighted by molar-refractivity contribution is 7.98. The summed E-state index contributed by atoms with van der Waals surface area (Å²) in [6.45, 7) is 1.90. The van der Waals surface area contributed by atoms with Crippen LogP contribution in [0.25, 0.3) is 11.0 Å². The molecule has 0 fully saturated rings. The number of hydrogen-bond acceptors (Lipinski definition) is 5. The van der Waals surface area contributed by atoms with Crippen molar-refractivity contribution < 1.29 is 4.39 Å². The van der Waals surface area contributed by atoms with Crippen molar-refractivity contribution in [2.24, 2.45) is 14.1 Å². The molecule has 0 amide bonds. The fraction of sp³-hybridized carbons (Fsp3) is 0.294. The second-order valence-electron chi connectivity index (χ2n) is 5.62. The standard InChI is InChI=1S/C17H17FN4O2S/c1-4-12-19-14-13(16(23)22(3)17(24)21(14)2)15(20-12)25-9-10-6-5-7-11(18)8-10/h5-8H,4,9H2,1-3H3. The van der Waals surface area contributed by atoms with E-state index in [2.05, 4.69) is 9.97 Å². The molecule has 0 saturated heterocycles. The van der Waals surface area contributed by atoms with Crippen LogP contribution in [0.5, 0.6) is 0 Å². The quantitative estimate of drug-likeness (QED) is 0.526. The zero-order valence-electron chi connectivity index (χ0n) is 14.1. The molecular weight excluding hydrogens is 343 g/mol. The number of hydrogen-bond donors (Lipinski definition) is 0. The fourth-order valence-corrected chi connectivity index (χ4v) is 3.49. The van der Waals surface area contributed by atoms with E-state index in [1.165, 1.54) is 35.5 Å². The average molecular weight is 360 g/mol. The molecule has 3 aromatic rings. The van der Waals surface area contributed by atoms with E-state index in [0.29, 0.717) is 34.1 Å². The van der Waals surface area contributed by atoms with Crippen LogP contribution in [-0.4, -0.2) is 19.1 Å². The molecule has 0 N–H and O–H groups in total. The van der Waals surface area contributed by atoms with Crippen molar-refractivity contribution in [3.05, 3.63) is 62.3 Å². The van der Waals surface area contributed by atoms with Gasteiger partial charge in [-0.3, -0.25) is 13.9 Å². The summed E-state index contributed by atoms with van der Waals surface area (Å²) in [4.78, 5) is 33.5. The number of rotatable bonds is 4. The summed E-state index contributed by atoms with van der Waals surface area (Å²) in [5.74, 6) is 0.703. The van der Waals surface area contributed by atoms with Gasteiger partial charge in [-0.15, -0.1) is 11.8 Å². The molecule has 0 atom stereocenters. The van der Waals surface area contributed by atoms with Gasteiger partial charge in [0, 0.05) is 26.3 Å². The Kier molecular flexibility index (Phi) is 4.71. The smallest absolute Gasteiger partial charge is 0.280 e. The molecule has 0 unspecified atom stereocenters. The van der Waals surface area contributed by atoms with Gasteiger partial charge >= 0.3 is 5.69 Å². The molecule has 2 heterocycles. The highest BCUT2D eigenvalue weighted by Gasteiger charge is 2.17. The second-order valence-corrected chi connectivity index (χ2v) is 6.59. The summed E-state index contributed by atoms with van der Waals surface area (Å²) < 4.78 is 15.7. The minimum absolute atomic E-state index is 0.307. The van der Waals surface area contributed by atoms with Gasteiger partial charge in [0.1, 0.15) is 22.1 Å². The Bertz CT molecular complexity index is 1070. The van der Waals surface area contributed by atoms with Crippen LogP contribution in [-0.2, 0) is 26.3 Å². The molecule has 0 bridgehead atoms. The van der Waals surface area contributed by atoms with Crippen molar-refractivity contribution in [1.82, 2.24) is 19.1 Å². The van der Waals surface area contributed by atoms with Gasteiger partial charge in [0.25, 0.3) is 5.56 Å². The van der Waals surface area contributed by atoms with Crippen molar-refractivity contribution >= 4 is 22.8 Å². The van der Waals surface area contributed by atoms with Crippen LogP contribution in [0.2, 0.25) is 0 Å². The lowest BCUT2D eigenvalue weighted by Gasteiger charge is -2.11. The van der Waals surface area contributed by atoms with Crippen LogP contribution in [0.3, 0.4) is 0 Å². The first-order chi connectivity index (χ1) is 11.9. The Morgan fingerprint density at radius 3 is 2.60 bits per heavy atom. The first-order valence-electron chi connectivity index (χ1n) is 7.76. The van der Waals surface area contributed by atoms with Gasteiger partial charge < -0.3 is 0 Å². The molecule has 0 saturated carbocycles. The van der Waals surface area contributed by atoms with Gasteiger partial charge in [0.15, 0.2) is 5.65 Å². The fourth-order valence-electron chi connectivity index (χ4n) is 2.51. The lowest BCUT2D eigenvalue weighted by Crippen LogP contribution is -2.37. The SMILES string of the molecule is CCc1nc(SCc2cccc(F)c2)c2c(=O)n(C)c(=O)n(C)c2n1. The number of nitrogens with zero attached hydrogens (tertiary/aromatic N) is 4. The van der Waals surface area contributed by atoms with E-state index in [1.54, 1.807) is 13.1 Å². The van der Waals surface area contributed by atoms with Crippen molar-refractivity contribution in [3.8, 4) is 0 Å². The maximum absolute atomic E-state index is 13.4. The predicted molar refractivity (Wildman–Crippen MR) is 95.4 cm³/mol. The van der Waals surface area contributed by atoms with E-state index in [9.17, 15) is 14.0 Å². The third-order valence-electron chi connectivity index (χ3n) is 3.89. The number of halogens is 1. The molecule has 0 aliphatic rings. The zero-order valence-corrected chi connectivity index (χ0v) is 14.9. The van der Waals surface area contributed by atoms with E-state index in [0.717, 1.165) is 10.1 Å². The van der Waals surface area contributed by atoms with Crippen molar-refractivity contribution in [1.29, 1.82) is 0 Å². The molecule has 25 heavy (non-hydrogen) atoms. The summed E-state index contributed by atoms with van der Waals surface area (Å²) in [5, 5.41) is 0.811. The van der Waals surface area contributed by atoms with Crippen LogP contribution in [0.1, 0.15) is 18.3 Å². The van der Waals surface area contributed by atoms with Gasteiger partial charge in [-0.05, 0) is 17.7 Å². The third-order valence-corrected chi connectivity index (χ3v) is 4.94. The Morgan fingerprint density at radius 1 is 1.16 bits per heavy atom. The average Bonchev–Trinajstić information content (AvgIpc) is 2.62. The summed E-state index contributed by atoms with van der Waals surface area (Å²) in [5.41, 5.74) is 0.250. The topological polar surface area (TPSA) is 69.8 Å². The molecule has 2 aromatic heterocycles. The van der Waals surface area contributed by atoms with Crippen LogP contribution in [0, 0.1) is 5.82 Å². The monoisotopic (exact) mass is 360 g/mol. The van der Waals surface area contributed by atoms with Gasteiger partial charge in [-0.2, -0.15) is 0 Å². The Hall–Kier alpha value is -2.48. The first kappa shape index (κ1) is 17.3. The maximum Gasteiger partial charge on any atom is 0.332 e. The van der Waals surface area contributed by atoms with Crippen molar-refractivity contribution in [3.63, 3.8) is 0 Å². The number of fused-ring (bicyclic) bond motifs is 1. The highest BCUT2D eigenvalue weighted by atomic mass is 32.2. The Morgan fingerprint density at radius 2 is 1.92 bits per heavy atom. The van der Waals surface area contributed by atoms with Crippen LogP contribution < -0.4 is 11.2 Å². The zero-order chi connectivity index (χ0) is 18.1. The van der Waals surface area contributed by atoms with Crippen LogP contribution in [0.4, 0.5) is 4.39 Å². The molecule has 3 rings (SSSR count). The minimum atomic E-state index is -0.431. The van der Waals surface area contributed by atoms with Gasteiger partial charge in [0.05, 0.1) is 0 Å². The normalized spacial score (nSPS) is 11.2. The van der Waals surface area contributed by atoms with Crippen LogP contribution in [0.15, 0.2) is 38.9 Å². The molecule has 130 valence electrons. The van der Waals surface area contributed by atoms with Crippen LogP contribution >= 0.6 is 11.8 Å². The molecule has 1 aromatic carbocycles. The molecule has 6 nitrogen and oxygen atoms in total. The van der Waals surface area contributed by atoms with E-state index >= 15 is 0 Å². The first-order valence-corrected chi connectivity index (χ1v) is 8.74. The maximum atomic E-state index is 13.4. The molecule has 8 heteroatoms. The van der Waals surface area contributed by atoms with Gasteiger partial charge in [0.2, 0.25) is 0 Å². The van der Waals surface area contributed by atoms with Crippen molar-refractivity contribution in [2.75, 3.05) is 0 Å². The minimum Gasteiger partial charge on any atom is -0.280 e. The summed E-state index contributed by atoms with van der Waals surface area (Å²) in [6, 6.07) is 6.29.